The zero-order valence-corrected chi connectivity index (χ0v) is 19.8. The van der Waals surface area contributed by atoms with E-state index >= 15 is 0 Å². The topological polar surface area (TPSA) is 213 Å². The normalized spacial score (nSPS) is 10.7. The minimum absolute atomic E-state index is 0. The van der Waals surface area contributed by atoms with E-state index in [9.17, 15) is 18.0 Å². The molecule has 0 fully saturated rings. The van der Waals surface area contributed by atoms with Gasteiger partial charge in [0.2, 0.25) is 0 Å². The predicted octanol–water partition coefficient (Wildman–Crippen LogP) is -6.24. The van der Waals surface area contributed by atoms with Gasteiger partial charge in [-0.25, -0.2) is 0 Å². The van der Waals surface area contributed by atoms with Crippen LogP contribution in [0.5, 0.6) is 0 Å². The van der Waals surface area contributed by atoms with Gasteiger partial charge in [0.15, 0.2) is 5.25 Å². The maximum Gasteiger partial charge on any atom is 1.00 e. The molecule has 0 aromatic heterocycles. The van der Waals surface area contributed by atoms with Gasteiger partial charge >= 0.3 is 81.5 Å². The van der Waals surface area contributed by atoms with Crippen LogP contribution in [0.2, 0.25) is 0 Å². The van der Waals surface area contributed by atoms with Crippen LogP contribution in [0.25, 0.3) is 0 Å². The maximum atomic E-state index is 10.2. The van der Waals surface area contributed by atoms with Crippen molar-refractivity contribution in [2.75, 3.05) is 13.2 Å². The summed E-state index contributed by atoms with van der Waals surface area (Å²) in [6.45, 7) is 8.18. The molecule has 5 N–H and O–H groups in total. The van der Waals surface area contributed by atoms with Gasteiger partial charge in [-0.05, 0) is 0 Å². The summed E-state index contributed by atoms with van der Waals surface area (Å²) in [4.78, 5) is 20.0. The van der Waals surface area contributed by atoms with E-state index in [4.69, 9.17) is 37.0 Å². The Morgan fingerprint density at radius 2 is 1.27 bits per heavy atom. The van der Waals surface area contributed by atoms with E-state index < -0.39 is 44.1 Å². The molecular formula is C10H20Na2O12S2. The molecule has 0 saturated heterocycles. The van der Waals surface area contributed by atoms with Crippen LogP contribution in [0.15, 0.2) is 25.3 Å². The van der Waals surface area contributed by atoms with Gasteiger partial charge in [0.05, 0.1) is 19.6 Å². The largest absolute Gasteiger partial charge is 1.00 e. The average Bonchev–Trinajstić information content (AvgIpc) is 2.33. The van der Waals surface area contributed by atoms with E-state index in [1.54, 1.807) is 12.2 Å². The molecule has 16 heteroatoms. The van der Waals surface area contributed by atoms with Crippen molar-refractivity contribution < 1.29 is 117 Å². The van der Waals surface area contributed by atoms with Crippen molar-refractivity contribution in [3.63, 3.8) is 0 Å². The van der Waals surface area contributed by atoms with Gasteiger partial charge in [0, 0.05) is 0 Å². The van der Waals surface area contributed by atoms with Gasteiger partial charge in [-0.1, -0.05) is 12.2 Å². The predicted molar refractivity (Wildman–Crippen MR) is 82.8 cm³/mol. The molecule has 0 heterocycles. The molecule has 0 spiro atoms. The van der Waals surface area contributed by atoms with Crippen molar-refractivity contribution >= 4 is 32.5 Å². The van der Waals surface area contributed by atoms with E-state index in [1.807, 2.05) is 0 Å². The second-order valence-electron chi connectivity index (χ2n) is 3.50. The third kappa shape index (κ3) is 39.3. The van der Waals surface area contributed by atoms with Crippen molar-refractivity contribution in [2.24, 2.45) is 0 Å². The van der Waals surface area contributed by atoms with Gasteiger partial charge in [-0.3, -0.25) is 23.2 Å². The summed E-state index contributed by atoms with van der Waals surface area (Å²) in [5.74, 6) is -3.50. The van der Waals surface area contributed by atoms with Crippen LogP contribution < -0.4 is 59.1 Å². The molecule has 0 aliphatic heterocycles. The molecule has 0 rings (SSSR count). The fourth-order valence-electron chi connectivity index (χ4n) is 0.713. The first-order valence-corrected chi connectivity index (χ1v) is 8.47. The molecule has 0 aromatic carbocycles. The van der Waals surface area contributed by atoms with Gasteiger partial charge in [-0.2, -0.15) is 16.8 Å². The van der Waals surface area contributed by atoms with E-state index in [0.717, 1.165) is 0 Å². The summed E-state index contributed by atoms with van der Waals surface area (Å²) in [5, 5.41) is 13.9. The molecule has 0 bridgehead atoms. The molecule has 0 aliphatic rings. The van der Waals surface area contributed by atoms with E-state index in [0.29, 0.717) is 13.2 Å². The molecule has 0 amide bonds. The van der Waals surface area contributed by atoms with Crippen LogP contribution in [0.4, 0.5) is 0 Å². The van der Waals surface area contributed by atoms with Gasteiger partial charge < -0.3 is 17.8 Å². The van der Waals surface area contributed by atoms with Crippen LogP contribution in [0.3, 0.4) is 0 Å². The van der Waals surface area contributed by atoms with Crippen LogP contribution in [-0.2, 0) is 34.8 Å². The molecule has 0 saturated carbocycles. The Kier molecular flexibility index (Phi) is 28.3. The molecular weight excluding hydrogens is 422 g/mol. The molecule has 0 aliphatic carbocycles. The number of hydrogen-bond acceptors (Lipinski definition) is 7. The molecule has 1 unspecified atom stereocenters. The summed E-state index contributed by atoms with van der Waals surface area (Å²) in [6.07, 6.45) is 2.27. The molecule has 146 valence electrons. The second kappa shape index (κ2) is 19.9. The van der Waals surface area contributed by atoms with Crippen molar-refractivity contribution in [3.8, 4) is 0 Å². The Hall–Kier alpha value is 0.160. The van der Waals surface area contributed by atoms with Crippen molar-refractivity contribution in [1.29, 1.82) is 0 Å². The first-order valence-electron chi connectivity index (χ1n) is 5.57. The van der Waals surface area contributed by atoms with E-state index in [2.05, 4.69) is 13.2 Å². The summed E-state index contributed by atoms with van der Waals surface area (Å²) in [5.41, 5.74) is 0. The number of hydrogen-bond donors (Lipinski definition) is 5. The van der Waals surface area contributed by atoms with Gasteiger partial charge in [0.25, 0.3) is 10.1 Å². The van der Waals surface area contributed by atoms with Crippen LogP contribution in [0, 0.1) is 0 Å². The van der Waals surface area contributed by atoms with Crippen LogP contribution in [0.1, 0.15) is 9.27 Å². The zero-order valence-electron chi connectivity index (χ0n) is 16.2. The number of carbonyl (C=O) groups is 2. The number of rotatable bonds is 8. The molecule has 0 radical (unpaired) electrons. The van der Waals surface area contributed by atoms with E-state index in [1.165, 1.54) is 0 Å². The Labute approximate surface area is 198 Å². The summed E-state index contributed by atoms with van der Waals surface area (Å²) in [6, 6.07) is 0. The maximum absolute atomic E-state index is 10.2. The summed E-state index contributed by atoms with van der Waals surface area (Å²) >= 11 is 0. The Morgan fingerprint density at radius 1 is 0.962 bits per heavy atom. The SMILES string of the molecule is C=CCOCC=C.O=C(O)CC(C(=O)O)S(=O)(=O)O.O=S(=O)(O)O.[H-].[H-].[Na+].[Na+]. The average molecular weight is 442 g/mol. The third-order valence-corrected chi connectivity index (χ3v) is 2.55. The van der Waals surface area contributed by atoms with Crippen molar-refractivity contribution in [3.05, 3.63) is 25.3 Å². The molecule has 12 nitrogen and oxygen atoms in total. The minimum Gasteiger partial charge on any atom is -1.00 e. The number of carboxylic acid groups (broad SMARTS) is 2. The standard InChI is InChI=1S/C6H10O.C4H6O7S.2Na.H2O4S.2H/c1-3-5-7-6-4-2;5-3(6)1-2(4(7)8)12(9,10)11;;;1-5(2,3)4;;/h3-4H,1-2,5-6H2;2H,1H2,(H,5,6)(H,7,8)(H,9,10,11);;;(H2,1,2,3,4);;/q;;2*+1;;2*-1. The number of ether oxygens (including phenoxy) is 1. The van der Waals surface area contributed by atoms with Gasteiger partial charge in [-0.15, -0.1) is 13.2 Å². The zero-order chi connectivity index (χ0) is 20.0. The first kappa shape index (κ1) is 37.0. The Bertz CT molecular complexity index is 608. The Morgan fingerprint density at radius 3 is 1.38 bits per heavy atom. The number of carboxylic acids is 2. The quantitative estimate of drug-likeness (QED) is 0.103. The van der Waals surface area contributed by atoms with Crippen molar-refractivity contribution in [1.82, 2.24) is 0 Å². The summed E-state index contributed by atoms with van der Waals surface area (Å²) < 4.78 is 65.1. The fourth-order valence-corrected chi connectivity index (χ4v) is 1.32. The van der Waals surface area contributed by atoms with Crippen LogP contribution >= 0.6 is 0 Å². The van der Waals surface area contributed by atoms with Crippen molar-refractivity contribution in [2.45, 2.75) is 11.7 Å². The molecule has 26 heavy (non-hydrogen) atoms. The molecule has 1 atom stereocenters. The monoisotopic (exact) mass is 442 g/mol. The smallest absolute Gasteiger partial charge is 1.00 e. The first-order chi connectivity index (χ1) is 10.7. The summed E-state index contributed by atoms with van der Waals surface area (Å²) in [7, 11) is -9.51. The number of aliphatic carboxylic acids is 2. The fraction of sp³-hybridized carbons (Fsp3) is 0.400. The van der Waals surface area contributed by atoms with E-state index in [-0.39, 0.29) is 62.0 Å². The minimum atomic E-state index is -4.84. The Balaban J connectivity index is -0.0000000482. The second-order valence-corrected chi connectivity index (χ2v) is 6.00. The molecule has 0 aromatic rings. The van der Waals surface area contributed by atoms with Crippen LogP contribution in [-0.4, -0.2) is 71.1 Å². The van der Waals surface area contributed by atoms with Gasteiger partial charge in [0.1, 0.15) is 0 Å². The third-order valence-electron chi connectivity index (χ3n) is 1.47.